The number of aromatic nitrogens is 2. The van der Waals surface area contributed by atoms with Crippen LogP contribution in [-0.4, -0.2) is 41.1 Å². The first-order chi connectivity index (χ1) is 8.13. The lowest BCUT2D eigenvalue weighted by Gasteiger charge is -2.38. The molecule has 2 heterocycles. The van der Waals surface area contributed by atoms with Crippen LogP contribution in [0.1, 0.15) is 6.92 Å². The lowest BCUT2D eigenvalue weighted by molar-refractivity contribution is 0.0360. The van der Waals surface area contributed by atoms with Crippen LogP contribution in [0.15, 0.2) is 15.6 Å². The summed E-state index contributed by atoms with van der Waals surface area (Å²) in [7, 11) is 0. The van der Waals surface area contributed by atoms with Crippen LogP contribution in [0.5, 0.6) is 0 Å². The number of nitrogens with one attached hydrogen (secondary N) is 1. The van der Waals surface area contributed by atoms with Gasteiger partial charge in [-0.15, -0.1) is 11.6 Å². The maximum Gasteiger partial charge on any atom is 0.267 e. The Morgan fingerprint density at radius 3 is 3.24 bits per heavy atom. The van der Waals surface area contributed by atoms with Crippen molar-refractivity contribution in [2.24, 2.45) is 0 Å². The topological polar surface area (TPSA) is 58.2 Å². The second-order valence-corrected chi connectivity index (χ2v) is 5.08. The Labute approximate surface area is 112 Å². The quantitative estimate of drug-likeness (QED) is 0.836. The molecule has 0 radical (unpaired) electrons. The summed E-state index contributed by atoms with van der Waals surface area (Å²) < 4.78 is 6.00. The summed E-state index contributed by atoms with van der Waals surface area (Å²) in [6.07, 6.45) is 1.38. The minimum Gasteiger partial charge on any atom is -0.373 e. The van der Waals surface area contributed by atoms with Gasteiger partial charge < -0.3 is 14.6 Å². The zero-order chi connectivity index (χ0) is 12.4. The van der Waals surface area contributed by atoms with Crippen LogP contribution >= 0.6 is 27.5 Å². The Morgan fingerprint density at radius 2 is 2.53 bits per heavy atom. The molecule has 0 aliphatic carbocycles. The SMILES string of the molecule is CC1COC(CCl)CN1c1nc[nH]c(=O)c1Br. The van der Waals surface area contributed by atoms with Crippen LogP contribution < -0.4 is 10.5 Å². The molecule has 94 valence electrons. The molecule has 5 nitrogen and oxygen atoms in total. The number of morpholine rings is 1. The Balaban J connectivity index is 2.31. The lowest BCUT2D eigenvalue weighted by Crippen LogP contribution is -2.49. The first-order valence-corrected chi connectivity index (χ1v) is 6.63. The molecular formula is C10H13BrClN3O2. The van der Waals surface area contributed by atoms with E-state index in [1.54, 1.807) is 0 Å². The molecule has 2 atom stereocenters. The van der Waals surface area contributed by atoms with E-state index in [1.165, 1.54) is 6.33 Å². The number of hydrogen-bond donors (Lipinski definition) is 1. The van der Waals surface area contributed by atoms with Gasteiger partial charge in [-0.1, -0.05) is 0 Å². The Hall–Kier alpha value is -0.590. The summed E-state index contributed by atoms with van der Waals surface area (Å²) in [4.78, 5) is 20.3. The van der Waals surface area contributed by atoms with Gasteiger partial charge in [0.2, 0.25) is 0 Å². The number of alkyl halides is 1. The highest BCUT2D eigenvalue weighted by Crippen LogP contribution is 2.24. The van der Waals surface area contributed by atoms with Crippen LogP contribution in [0.4, 0.5) is 5.82 Å². The van der Waals surface area contributed by atoms with Gasteiger partial charge in [0.25, 0.3) is 5.56 Å². The van der Waals surface area contributed by atoms with Crippen LogP contribution in [0.25, 0.3) is 0 Å². The number of aromatic amines is 1. The molecule has 1 fully saturated rings. The number of halogens is 2. The van der Waals surface area contributed by atoms with Crippen molar-refractivity contribution in [3.05, 3.63) is 21.2 Å². The Bertz CT molecular complexity index is 453. The number of H-pyrrole nitrogens is 1. The van der Waals surface area contributed by atoms with Gasteiger partial charge in [0.05, 0.1) is 31.0 Å². The predicted molar refractivity (Wildman–Crippen MR) is 69.8 cm³/mol. The van der Waals surface area contributed by atoms with Gasteiger partial charge >= 0.3 is 0 Å². The van der Waals surface area contributed by atoms with Gasteiger partial charge in [-0.05, 0) is 22.9 Å². The molecule has 7 heteroatoms. The van der Waals surface area contributed by atoms with E-state index in [9.17, 15) is 4.79 Å². The molecule has 1 aromatic rings. The predicted octanol–water partition coefficient (Wildman–Crippen LogP) is 1.36. The fraction of sp³-hybridized carbons (Fsp3) is 0.600. The van der Waals surface area contributed by atoms with E-state index < -0.39 is 0 Å². The maximum atomic E-state index is 11.5. The Kier molecular flexibility index (Phi) is 4.06. The molecule has 0 aromatic carbocycles. The van der Waals surface area contributed by atoms with Gasteiger partial charge in [0.1, 0.15) is 4.47 Å². The molecule has 0 spiro atoms. The third-order valence-electron chi connectivity index (χ3n) is 2.73. The van der Waals surface area contributed by atoms with E-state index in [1.807, 2.05) is 11.8 Å². The minimum atomic E-state index is -0.184. The van der Waals surface area contributed by atoms with Crippen LogP contribution in [0.3, 0.4) is 0 Å². The molecule has 2 rings (SSSR count). The third-order valence-corrected chi connectivity index (χ3v) is 3.79. The highest BCUT2D eigenvalue weighted by atomic mass is 79.9. The minimum absolute atomic E-state index is 0.0270. The number of anilines is 1. The van der Waals surface area contributed by atoms with Crippen LogP contribution in [-0.2, 0) is 4.74 Å². The van der Waals surface area contributed by atoms with Gasteiger partial charge in [-0.3, -0.25) is 4.79 Å². The molecule has 1 N–H and O–H groups in total. The van der Waals surface area contributed by atoms with Crippen molar-refractivity contribution in [2.75, 3.05) is 23.9 Å². The summed E-state index contributed by atoms with van der Waals surface area (Å²) in [6.45, 7) is 3.25. The maximum absolute atomic E-state index is 11.5. The molecular weight excluding hydrogens is 309 g/mol. The highest BCUT2D eigenvalue weighted by Gasteiger charge is 2.28. The first-order valence-electron chi connectivity index (χ1n) is 5.31. The van der Waals surface area contributed by atoms with Crippen LogP contribution in [0.2, 0.25) is 0 Å². The fourth-order valence-corrected chi connectivity index (χ4v) is 2.41. The van der Waals surface area contributed by atoms with Gasteiger partial charge in [-0.25, -0.2) is 4.98 Å². The standard InChI is InChI=1S/C10H13BrClN3O2/c1-6-4-17-7(2-12)3-15(6)9-8(11)10(16)14-5-13-9/h5-7H,2-4H2,1H3,(H,13,14,16). The largest absolute Gasteiger partial charge is 0.373 e. The zero-order valence-corrected chi connectivity index (χ0v) is 11.7. The van der Waals surface area contributed by atoms with Gasteiger partial charge in [0.15, 0.2) is 5.82 Å². The van der Waals surface area contributed by atoms with Crippen molar-refractivity contribution in [2.45, 2.75) is 19.1 Å². The summed E-state index contributed by atoms with van der Waals surface area (Å²) in [5.74, 6) is 1.07. The zero-order valence-electron chi connectivity index (χ0n) is 9.32. The molecule has 1 aromatic heterocycles. The summed E-state index contributed by atoms with van der Waals surface area (Å²) in [5.41, 5.74) is -0.184. The molecule has 0 saturated carbocycles. The average Bonchev–Trinajstić information content (AvgIpc) is 2.34. The molecule has 2 unspecified atom stereocenters. The number of nitrogens with zero attached hydrogens (tertiary/aromatic N) is 2. The van der Waals surface area contributed by atoms with Crippen molar-refractivity contribution >= 4 is 33.3 Å². The molecule has 1 aliphatic heterocycles. The van der Waals surface area contributed by atoms with Gasteiger partial charge in [0, 0.05) is 6.54 Å². The van der Waals surface area contributed by atoms with E-state index in [0.29, 0.717) is 29.3 Å². The lowest BCUT2D eigenvalue weighted by atomic mass is 10.2. The van der Waals surface area contributed by atoms with Crippen molar-refractivity contribution in [3.63, 3.8) is 0 Å². The van der Waals surface area contributed by atoms with E-state index in [4.69, 9.17) is 16.3 Å². The van der Waals surface area contributed by atoms with Crippen molar-refractivity contribution in [3.8, 4) is 0 Å². The van der Waals surface area contributed by atoms with E-state index in [0.717, 1.165) is 0 Å². The monoisotopic (exact) mass is 321 g/mol. The van der Waals surface area contributed by atoms with E-state index in [-0.39, 0.29) is 17.7 Å². The molecule has 1 saturated heterocycles. The number of ether oxygens (including phenoxy) is 1. The Morgan fingerprint density at radius 1 is 1.76 bits per heavy atom. The molecule has 1 aliphatic rings. The van der Waals surface area contributed by atoms with Crippen LogP contribution in [0, 0.1) is 0 Å². The smallest absolute Gasteiger partial charge is 0.267 e. The molecule has 0 bridgehead atoms. The highest BCUT2D eigenvalue weighted by molar-refractivity contribution is 9.10. The molecule has 17 heavy (non-hydrogen) atoms. The second-order valence-electron chi connectivity index (χ2n) is 3.98. The summed E-state index contributed by atoms with van der Waals surface area (Å²) >= 11 is 9.06. The third kappa shape index (κ3) is 2.64. The normalized spacial score (nSPS) is 25.0. The van der Waals surface area contributed by atoms with E-state index in [2.05, 4.69) is 25.9 Å². The second kappa shape index (κ2) is 5.37. The van der Waals surface area contributed by atoms with Crippen molar-refractivity contribution in [1.82, 2.24) is 9.97 Å². The van der Waals surface area contributed by atoms with Crippen molar-refractivity contribution < 1.29 is 4.74 Å². The summed E-state index contributed by atoms with van der Waals surface area (Å²) in [5, 5.41) is 0. The van der Waals surface area contributed by atoms with E-state index >= 15 is 0 Å². The average molecular weight is 323 g/mol. The first kappa shape index (κ1) is 12.9. The molecule has 0 amide bonds. The fourth-order valence-electron chi connectivity index (χ4n) is 1.78. The number of hydrogen-bond acceptors (Lipinski definition) is 4. The number of rotatable bonds is 2. The summed E-state index contributed by atoms with van der Waals surface area (Å²) in [6, 6.07) is 0.167. The van der Waals surface area contributed by atoms with Gasteiger partial charge in [-0.2, -0.15) is 0 Å². The van der Waals surface area contributed by atoms with Crippen molar-refractivity contribution in [1.29, 1.82) is 0 Å².